The summed E-state index contributed by atoms with van der Waals surface area (Å²) in [5.74, 6) is 0.473. The van der Waals surface area contributed by atoms with Gasteiger partial charge in [0.1, 0.15) is 6.10 Å². The highest BCUT2D eigenvalue weighted by molar-refractivity contribution is 6.17. The lowest BCUT2D eigenvalue weighted by Gasteiger charge is -2.16. The largest absolute Gasteiger partial charge is 0.446 e. The highest BCUT2D eigenvalue weighted by atomic mass is 35.5. The second-order valence-corrected chi connectivity index (χ2v) is 4.89. The molecule has 100 valence electrons. The maximum absolute atomic E-state index is 11.4. The van der Waals surface area contributed by atoms with Crippen molar-refractivity contribution in [3.63, 3.8) is 0 Å². The van der Waals surface area contributed by atoms with Gasteiger partial charge in [-0.25, -0.2) is 4.79 Å². The molecule has 1 aromatic rings. The average molecular weight is 270 g/mol. The summed E-state index contributed by atoms with van der Waals surface area (Å²) in [4.78, 5) is 11.4. The number of ether oxygens (including phenoxy) is 1. The first-order valence-electron chi connectivity index (χ1n) is 6.12. The molecular weight excluding hydrogens is 250 g/mol. The lowest BCUT2D eigenvalue weighted by atomic mass is 10.0. The van der Waals surface area contributed by atoms with Crippen molar-refractivity contribution >= 4 is 17.7 Å². The number of halogens is 1. The van der Waals surface area contributed by atoms with Gasteiger partial charge in [0.15, 0.2) is 0 Å². The molecule has 0 spiro atoms. The van der Waals surface area contributed by atoms with Gasteiger partial charge in [-0.15, -0.1) is 11.6 Å². The fourth-order valence-corrected chi connectivity index (χ4v) is 1.95. The van der Waals surface area contributed by atoms with E-state index in [0.717, 1.165) is 11.1 Å². The molecule has 1 unspecified atom stereocenters. The second-order valence-electron chi connectivity index (χ2n) is 4.62. The van der Waals surface area contributed by atoms with Gasteiger partial charge in [-0.3, -0.25) is 0 Å². The molecule has 0 heterocycles. The Bertz CT molecular complexity index is 393. The maximum atomic E-state index is 11.4. The number of amides is 1. The number of alkyl carbamates (subject to hydrolysis) is 1. The summed E-state index contributed by atoms with van der Waals surface area (Å²) in [6, 6.07) is 8.01. The lowest BCUT2D eigenvalue weighted by molar-refractivity contribution is 0.105. The topological polar surface area (TPSA) is 38.3 Å². The zero-order chi connectivity index (χ0) is 13.5. The van der Waals surface area contributed by atoms with Crippen LogP contribution in [0.15, 0.2) is 24.3 Å². The van der Waals surface area contributed by atoms with Crippen molar-refractivity contribution in [1.29, 1.82) is 0 Å². The maximum Gasteiger partial charge on any atom is 0.407 e. The number of hydrogen-bond acceptors (Lipinski definition) is 2. The van der Waals surface area contributed by atoms with E-state index in [1.165, 1.54) is 0 Å². The van der Waals surface area contributed by atoms with Crippen LogP contribution in [0, 0.1) is 0 Å². The minimum absolute atomic E-state index is 0.0832. The minimum atomic E-state index is -0.374. The summed E-state index contributed by atoms with van der Waals surface area (Å²) in [5.41, 5.74) is 2.20. The molecular formula is C14H20ClNO2. The van der Waals surface area contributed by atoms with Crippen LogP contribution >= 0.6 is 11.6 Å². The van der Waals surface area contributed by atoms with Gasteiger partial charge in [-0.2, -0.15) is 0 Å². The van der Waals surface area contributed by atoms with Crippen molar-refractivity contribution in [1.82, 2.24) is 5.32 Å². The van der Waals surface area contributed by atoms with E-state index in [-0.39, 0.29) is 18.2 Å². The standard InChI is InChI=1S/C14H20ClNO2/c1-10(2)16-14(17)18-11(3)8-12-6-4-5-7-13(12)9-15/h4-7,10-11H,8-9H2,1-3H3,(H,16,17). The number of hydrogen-bond donors (Lipinski definition) is 1. The highest BCUT2D eigenvalue weighted by Crippen LogP contribution is 2.14. The first-order valence-corrected chi connectivity index (χ1v) is 6.66. The van der Waals surface area contributed by atoms with Crippen LogP contribution in [-0.2, 0) is 17.0 Å². The number of nitrogens with one attached hydrogen (secondary N) is 1. The molecule has 4 heteroatoms. The summed E-state index contributed by atoms with van der Waals surface area (Å²) in [6.45, 7) is 5.67. The summed E-state index contributed by atoms with van der Waals surface area (Å²) >= 11 is 5.87. The van der Waals surface area contributed by atoms with Crippen LogP contribution in [0.1, 0.15) is 31.9 Å². The fourth-order valence-electron chi connectivity index (χ4n) is 1.69. The Balaban J connectivity index is 2.54. The molecule has 1 atom stereocenters. The Morgan fingerprint density at radius 3 is 2.44 bits per heavy atom. The fraction of sp³-hybridized carbons (Fsp3) is 0.500. The Hall–Kier alpha value is -1.22. The number of carbonyl (C=O) groups is 1. The second kappa shape index (κ2) is 7.27. The third-order valence-electron chi connectivity index (χ3n) is 2.48. The van der Waals surface area contributed by atoms with Crippen LogP contribution in [-0.4, -0.2) is 18.2 Å². The molecule has 0 bridgehead atoms. The first-order chi connectivity index (χ1) is 8.52. The van der Waals surface area contributed by atoms with E-state index in [2.05, 4.69) is 5.32 Å². The Morgan fingerprint density at radius 1 is 1.28 bits per heavy atom. The van der Waals surface area contributed by atoms with E-state index in [0.29, 0.717) is 12.3 Å². The Labute approximate surface area is 113 Å². The Kier molecular flexibility index (Phi) is 5.99. The molecule has 0 aliphatic rings. The van der Waals surface area contributed by atoms with Crippen molar-refractivity contribution in [2.75, 3.05) is 0 Å². The molecule has 1 amide bonds. The monoisotopic (exact) mass is 269 g/mol. The third kappa shape index (κ3) is 4.96. The van der Waals surface area contributed by atoms with E-state index in [9.17, 15) is 4.79 Å². The van der Waals surface area contributed by atoms with Gasteiger partial charge < -0.3 is 10.1 Å². The van der Waals surface area contributed by atoms with Crippen LogP contribution < -0.4 is 5.32 Å². The van der Waals surface area contributed by atoms with E-state index in [1.54, 1.807) is 0 Å². The van der Waals surface area contributed by atoms with E-state index in [4.69, 9.17) is 16.3 Å². The molecule has 0 aliphatic heterocycles. The summed E-state index contributed by atoms with van der Waals surface area (Å²) < 4.78 is 5.27. The number of alkyl halides is 1. The molecule has 0 saturated carbocycles. The van der Waals surface area contributed by atoms with E-state index in [1.807, 2.05) is 45.0 Å². The molecule has 0 aromatic heterocycles. The van der Waals surface area contributed by atoms with Gasteiger partial charge in [0, 0.05) is 18.3 Å². The summed E-state index contributed by atoms with van der Waals surface area (Å²) in [5, 5.41) is 2.70. The van der Waals surface area contributed by atoms with Crippen LogP contribution in [0.25, 0.3) is 0 Å². The van der Waals surface area contributed by atoms with Gasteiger partial charge in [-0.1, -0.05) is 24.3 Å². The van der Waals surface area contributed by atoms with E-state index >= 15 is 0 Å². The molecule has 1 aromatic carbocycles. The number of carbonyl (C=O) groups excluding carboxylic acids is 1. The molecule has 0 saturated heterocycles. The van der Waals surface area contributed by atoms with Crippen molar-refractivity contribution in [2.45, 2.75) is 45.2 Å². The van der Waals surface area contributed by atoms with Crippen molar-refractivity contribution in [3.05, 3.63) is 35.4 Å². The van der Waals surface area contributed by atoms with Crippen molar-refractivity contribution in [2.24, 2.45) is 0 Å². The molecule has 0 fully saturated rings. The van der Waals surface area contributed by atoms with E-state index < -0.39 is 0 Å². The van der Waals surface area contributed by atoms with Crippen molar-refractivity contribution < 1.29 is 9.53 Å². The van der Waals surface area contributed by atoms with Crippen molar-refractivity contribution in [3.8, 4) is 0 Å². The number of benzene rings is 1. The van der Waals surface area contributed by atoms with Crippen LogP contribution in [0.4, 0.5) is 4.79 Å². The minimum Gasteiger partial charge on any atom is -0.446 e. The predicted octanol–water partition coefficient (Wildman–Crippen LogP) is 3.49. The zero-order valence-corrected chi connectivity index (χ0v) is 11.8. The number of rotatable bonds is 5. The van der Waals surface area contributed by atoms with Crippen LogP contribution in [0.2, 0.25) is 0 Å². The molecule has 1 N–H and O–H groups in total. The average Bonchev–Trinajstić information content (AvgIpc) is 2.28. The van der Waals surface area contributed by atoms with Gasteiger partial charge >= 0.3 is 6.09 Å². The normalized spacial score (nSPS) is 12.3. The SMILES string of the molecule is CC(C)NC(=O)OC(C)Cc1ccccc1CCl. The van der Waals surface area contributed by atoms with Crippen LogP contribution in [0.5, 0.6) is 0 Å². The van der Waals surface area contributed by atoms with Gasteiger partial charge in [0.05, 0.1) is 0 Å². The van der Waals surface area contributed by atoms with Gasteiger partial charge in [-0.05, 0) is 31.9 Å². The molecule has 3 nitrogen and oxygen atoms in total. The Morgan fingerprint density at radius 2 is 1.89 bits per heavy atom. The predicted molar refractivity (Wildman–Crippen MR) is 73.9 cm³/mol. The quantitative estimate of drug-likeness (QED) is 0.831. The first kappa shape index (κ1) is 14.8. The summed E-state index contributed by atoms with van der Waals surface area (Å²) in [7, 11) is 0. The van der Waals surface area contributed by atoms with Crippen LogP contribution in [0.3, 0.4) is 0 Å². The molecule has 0 aliphatic carbocycles. The molecule has 0 radical (unpaired) electrons. The third-order valence-corrected chi connectivity index (χ3v) is 2.77. The smallest absolute Gasteiger partial charge is 0.407 e. The lowest BCUT2D eigenvalue weighted by Crippen LogP contribution is -2.33. The molecule has 18 heavy (non-hydrogen) atoms. The summed E-state index contributed by atoms with van der Waals surface area (Å²) in [6.07, 6.45) is 0.128. The van der Waals surface area contributed by atoms with Gasteiger partial charge in [0.25, 0.3) is 0 Å². The highest BCUT2D eigenvalue weighted by Gasteiger charge is 2.12. The zero-order valence-electron chi connectivity index (χ0n) is 11.1. The molecule has 1 rings (SSSR count). The van der Waals surface area contributed by atoms with Gasteiger partial charge in [0.2, 0.25) is 0 Å².